The van der Waals surface area contributed by atoms with E-state index in [0.29, 0.717) is 19.6 Å². The topological polar surface area (TPSA) is 56.2 Å². The number of carbonyl (C=O) groups excluding carboxylic acids is 1. The molecule has 1 heterocycles. The number of anilines is 1. The van der Waals surface area contributed by atoms with Gasteiger partial charge in [-0.25, -0.2) is 0 Å². The molecule has 0 bridgehead atoms. The van der Waals surface area contributed by atoms with Crippen LogP contribution in [0.15, 0.2) is 30.3 Å². The number of β-amino-alcohol motifs (C(OH)–C–C–N with tert-alkyl or cyclic N) is 1. The lowest BCUT2D eigenvalue weighted by Gasteiger charge is -2.37. The van der Waals surface area contributed by atoms with E-state index in [1.165, 1.54) is 12.8 Å². The molecule has 2 rings (SSSR count). The maximum Gasteiger partial charge on any atom is 0.309 e. The molecule has 1 saturated heterocycles. The molecular formula is C19H31N3O3. The molecule has 1 aromatic carbocycles. The van der Waals surface area contributed by atoms with Crippen molar-refractivity contribution in [2.24, 2.45) is 5.92 Å². The molecular weight excluding hydrogens is 318 g/mol. The normalized spacial score (nSPS) is 18.2. The number of methoxy groups -OCH3 is 1. The van der Waals surface area contributed by atoms with E-state index in [2.05, 4.69) is 34.1 Å². The van der Waals surface area contributed by atoms with Crippen LogP contribution in [0.1, 0.15) is 6.92 Å². The van der Waals surface area contributed by atoms with Gasteiger partial charge >= 0.3 is 5.97 Å². The minimum Gasteiger partial charge on any atom is -0.469 e. The Morgan fingerprint density at radius 3 is 2.44 bits per heavy atom. The second kappa shape index (κ2) is 9.75. The maximum absolute atomic E-state index is 11.5. The number of hydrogen-bond donors (Lipinski definition) is 1. The first-order valence-corrected chi connectivity index (χ1v) is 8.96. The standard InChI is InChI=1S/C19H31N3O3/c1-16(19(24)25-3)13-20(2)14-18(23)15-21-9-11-22(12-10-21)17-7-5-4-6-8-17/h4-8,16,18,23H,9-15H2,1-3H3/t16-,18-/m1/s1. The van der Waals surface area contributed by atoms with Crippen molar-refractivity contribution in [1.29, 1.82) is 0 Å². The molecule has 0 aliphatic carbocycles. The highest BCUT2D eigenvalue weighted by Crippen LogP contribution is 2.15. The number of rotatable bonds is 8. The van der Waals surface area contributed by atoms with Crippen LogP contribution in [0.4, 0.5) is 5.69 Å². The van der Waals surface area contributed by atoms with Crippen molar-refractivity contribution < 1.29 is 14.6 Å². The second-order valence-corrected chi connectivity index (χ2v) is 6.92. The third-order valence-electron chi connectivity index (χ3n) is 4.67. The average Bonchev–Trinajstić information content (AvgIpc) is 2.62. The highest BCUT2D eigenvalue weighted by atomic mass is 16.5. The van der Waals surface area contributed by atoms with Crippen molar-refractivity contribution >= 4 is 11.7 Å². The quantitative estimate of drug-likeness (QED) is 0.704. The van der Waals surface area contributed by atoms with E-state index in [9.17, 15) is 9.90 Å². The van der Waals surface area contributed by atoms with Crippen molar-refractivity contribution in [1.82, 2.24) is 9.80 Å². The largest absolute Gasteiger partial charge is 0.469 e. The molecule has 1 N–H and O–H groups in total. The Labute approximate surface area is 151 Å². The summed E-state index contributed by atoms with van der Waals surface area (Å²) in [4.78, 5) is 18.2. The van der Waals surface area contributed by atoms with Crippen molar-refractivity contribution in [3.05, 3.63) is 30.3 Å². The van der Waals surface area contributed by atoms with Crippen molar-refractivity contribution in [3.8, 4) is 0 Å². The number of aliphatic hydroxyl groups excluding tert-OH is 1. The molecule has 1 aliphatic rings. The summed E-state index contributed by atoms with van der Waals surface area (Å²) in [5, 5.41) is 10.4. The molecule has 0 aromatic heterocycles. The molecule has 0 radical (unpaired) electrons. The Bertz CT molecular complexity index is 518. The summed E-state index contributed by atoms with van der Waals surface area (Å²) in [5.74, 6) is -0.394. The number of benzene rings is 1. The highest BCUT2D eigenvalue weighted by Gasteiger charge is 2.21. The summed E-state index contributed by atoms with van der Waals surface area (Å²) in [6.07, 6.45) is -0.418. The zero-order valence-corrected chi connectivity index (χ0v) is 15.6. The van der Waals surface area contributed by atoms with E-state index < -0.39 is 6.10 Å². The lowest BCUT2D eigenvalue weighted by atomic mass is 10.1. The van der Waals surface area contributed by atoms with Gasteiger partial charge in [0.2, 0.25) is 0 Å². The zero-order valence-electron chi connectivity index (χ0n) is 15.6. The summed E-state index contributed by atoms with van der Waals surface area (Å²) < 4.78 is 4.74. The molecule has 0 saturated carbocycles. The van der Waals surface area contributed by atoms with Crippen molar-refractivity contribution in [2.75, 3.05) is 64.9 Å². The van der Waals surface area contributed by atoms with Crippen LogP contribution < -0.4 is 4.90 Å². The van der Waals surface area contributed by atoms with Gasteiger partial charge in [-0.2, -0.15) is 0 Å². The summed E-state index contributed by atoms with van der Waals surface area (Å²) in [6.45, 7) is 7.52. The molecule has 1 aromatic rings. The van der Waals surface area contributed by atoms with E-state index in [1.54, 1.807) is 0 Å². The monoisotopic (exact) mass is 349 g/mol. The first-order valence-electron chi connectivity index (χ1n) is 8.96. The van der Waals surface area contributed by atoms with Crippen LogP contribution in [0.25, 0.3) is 0 Å². The molecule has 2 atom stereocenters. The minimum atomic E-state index is -0.418. The Kier molecular flexibility index (Phi) is 7.68. The Balaban J connectivity index is 1.69. The number of nitrogens with zero attached hydrogens (tertiary/aromatic N) is 3. The van der Waals surface area contributed by atoms with Crippen LogP contribution in [0.5, 0.6) is 0 Å². The van der Waals surface area contributed by atoms with E-state index in [4.69, 9.17) is 4.74 Å². The number of likely N-dealkylation sites (N-methyl/N-ethyl adjacent to an activating group) is 1. The number of ether oxygens (including phenoxy) is 1. The summed E-state index contributed by atoms with van der Waals surface area (Å²) in [7, 11) is 3.33. The van der Waals surface area contributed by atoms with Gasteiger partial charge < -0.3 is 19.6 Å². The third-order valence-corrected chi connectivity index (χ3v) is 4.67. The Hall–Kier alpha value is -1.63. The first-order chi connectivity index (χ1) is 12.0. The smallest absolute Gasteiger partial charge is 0.309 e. The highest BCUT2D eigenvalue weighted by molar-refractivity contribution is 5.72. The molecule has 140 valence electrons. The molecule has 0 spiro atoms. The van der Waals surface area contributed by atoms with Gasteiger partial charge in [0, 0.05) is 51.5 Å². The van der Waals surface area contributed by atoms with Gasteiger partial charge in [0.25, 0.3) is 0 Å². The first kappa shape index (κ1) is 19.7. The lowest BCUT2D eigenvalue weighted by molar-refractivity contribution is -0.145. The van der Waals surface area contributed by atoms with Crippen LogP contribution in [-0.2, 0) is 9.53 Å². The van der Waals surface area contributed by atoms with E-state index >= 15 is 0 Å². The molecule has 1 aliphatic heterocycles. The Morgan fingerprint density at radius 1 is 1.20 bits per heavy atom. The van der Waals surface area contributed by atoms with Crippen LogP contribution in [0.2, 0.25) is 0 Å². The van der Waals surface area contributed by atoms with Gasteiger partial charge in [-0.15, -0.1) is 0 Å². The summed E-state index contributed by atoms with van der Waals surface area (Å²) in [6, 6.07) is 10.4. The minimum absolute atomic E-state index is 0.184. The SMILES string of the molecule is COC(=O)[C@H](C)CN(C)C[C@@H](O)CN1CCN(c2ccccc2)CC1. The summed E-state index contributed by atoms with van der Waals surface area (Å²) in [5.41, 5.74) is 1.26. The number of piperazine rings is 1. The average molecular weight is 349 g/mol. The zero-order chi connectivity index (χ0) is 18.2. The molecule has 0 unspecified atom stereocenters. The fraction of sp³-hybridized carbons (Fsp3) is 0.632. The van der Waals surface area contributed by atoms with Gasteiger partial charge in [-0.1, -0.05) is 25.1 Å². The fourth-order valence-electron chi connectivity index (χ4n) is 3.36. The van der Waals surface area contributed by atoms with E-state index in [0.717, 1.165) is 26.2 Å². The van der Waals surface area contributed by atoms with Crippen molar-refractivity contribution in [3.63, 3.8) is 0 Å². The number of carbonyl (C=O) groups is 1. The maximum atomic E-state index is 11.5. The van der Waals surface area contributed by atoms with Gasteiger partial charge in [0.15, 0.2) is 0 Å². The van der Waals surface area contributed by atoms with Crippen LogP contribution in [0.3, 0.4) is 0 Å². The molecule has 0 amide bonds. The predicted molar refractivity (Wildman–Crippen MR) is 99.8 cm³/mol. The second-order valence-electron chi connectivity index (χ2n) is 6.92. The number of hydrogen-bond acceptors (Lipinski definition) is 6. The van der Waals surface area contributed by atoms with Gasteiger partial charge in [-0.3, -0.25) is 9.69 Å². The number of esters is 1. The lowest BCUT2D eigenvalue weighted by Crippen LogP contribution is -2.50. The molecule has 1 fully saturated rings. The Morgan fingerprint density at radius 2 is 1.84 bits per heavy atom. The van der Waals surface area contributed by atoms with Crippen LogP contribution >= 0.6 is 0 Å². The molecule has 25 heavy (non-hydrogen) atoms. The summed E-state index contributed by atoms with van der Waals surface area (Å²) >= 11 is 0. The van der Waals surface area contributed by atoms with Crippen LogP contribution in [-0.4, -0.2) is 87.0 Å². The van der Waals surface area contributed by atoms with Gasteiger partial charge in [0.05, 0.1) is 19.1 Å². The van der Waals surface area contributed by atoms with Gasteiger partial charge in [-0.05, 0) is 19.2 Å². The van der Waals surface area contributed by atoms with Crippen molar-refractivity contribution in [2.45, 2.75) is 13.0 Å². The van der Waals surface area contributed by atoms with Gasteiger partial charge in [0.1, 0.15) is 0 Å². The predicted octanol–water partition coefficient (Wildman–Crippen LogP) is 0.910. The molecule has 6 nitrogen and oxygen atoms in total. The van der Waals surface area contributed by atoms with E-state index in [-0.39, 0.29) is 11.9 Å². The number of para-hydroxylation sites is 1. The fourth-order valence-corrected chi connectivity index (χ4v) is 3.36. The van der Waals surface area contributed by atoms with E-state index in [1.807, 2.05) is 24.9 Å². The third kappa shape index (κ3) is 6.30. The molecule has 6 heteroatoms. The van der Waals surface area contributed by atoms with Crippen LogP contribution in [0, 0.1) is 5.92 Å². The number of aliphatic hydroxyl groups is 1.